The van der Waals surface area contributed by atoms with Crippen LogP contribution in [0.3, 0.4) is 0 Å². The molecule has 32 heavy (non-hydrogen) atoms. The van der Waals surface area contributed by atoms with Crippen LogP contribution in [0.2, 0.25) is 0 Å². The van der Waals surface area contributed by atoms with Crippen LogP contribution in [0.15, 0.2) is 98.8 Å². The van der Waals surface area contributed by atoms with Gasteiger partial charge in [0.1, 0.15) is 11.3 Å². The van der Waals surface area contributed by atoms with E-state index in [9.17, 15) is 10.2 Å². The minimum absolute atomic E-state index is 0.198. The predicted molar refractivity (Wildman–Crippen MR) is 126 cm³/mol. The van der Waals surface area contributed by atoms with Crippen molar-refractivity contribution < 1.29 is 14.6 Å². The van der Waals surface area contributed by atoms with E-state index in [1.807, 2.05) is 66.0 Å². The standard InChI is InChI=1S/C25H19N3O3S/c29-21-11-6-10-19(24(21)30)15-27-28-20(23-13-18-9-4-5-12-22(18)31-23)16-32-25(28)26-14-17-7-2-1-3-8-17/h1-13,15-16,29-30H,14H2. The highest BCUT2D eigenvalue weighted by atomic mass is 32.1. The van der Waals surface area contributed by atoms with E-state index in [2.05, 4.69) is 5.10 Å². The Kier molecular flexibility index (Phi) is 5.31. The van der Waals surface area contributed by atoms with E-state index >= 15 is 0 Å². The van der Waals surface area contributed by atoms with Crippen LogP contribution in [-0.4, -0.2) is 21.1 Å². The first-order valence-electron chi connectivity index (χ1n) is 9.98. The van der Waals surface area contributed by atoms with Crippen LogP contribution >= 0.6 is 11.3 Å². The van der Waals surface area contributed by atoms with Crippen LogP contribution in [0, 0.1) is 0 Å². The average molecular weight is 442 g/mol. The summed E-state index contributed by atoms with van der Waals surface area (Å²) in [7, 11) is 0. The number of phenolic OH excluding ortho intramolecular Hbond substituents is 2. The van der Waals surface area contributed by atoms with Gasteiger partial charge in [0.15, 0.2) is 17.3 Å². The fourth-order valence-electron chi connectivity index (χ4n) is 3.31. The van der Waals surface area contributed by atoms with E-state index < -0.39 is 0 Å². The maximum absolute atomic E-state index is 10.1. The van der Waals surface area contributed by atoms with Crippen LogP contribution in [-0.2, 0) is 6.54 Å². The molecular weight excluding hydrogens is 422 g/mol. The maximum Gasteiger partial charge on any atom is 0.206 e. The van der Waals surface area contributed by atoms with Gasteiger partial charge in [-0.25, -0.2) is 4.68 Å². The molecule has 0 atom stereocenters. The summed E-state index contributed by atoms with van der Waals surface area (Å²) in [4.78, 5) is 5.42. The first-order valence-corrected chi connectivity index (χ1v) is 10.9. The topological polar surface area (TPSA) is 83.2 Å². The number of nitrogens with zero attached hydrogens (tertiary/aromatic N) is 3. The molecule has 0 unspecified atom stereocenters. The molecule has 0 aliphatic heterocycles. The third-order valence-corrected chi connectivity index (χ3v) is 5.82. The van der Waals surface area contributed by atoms with Gasteiger partial charge in [-0.05, 0) is 29.8 Å². The summed E-state index contributed by atoms with van der Waals surface area (Å²) in [5.74, 6) is 0.247. The molecule has 7 heteroatoms. The smallest absolute Gasteiger partial charge is 0.206 e. The van der Waals surface area contributed by atoms with E-state index in [0.717, 1.165) is 22.2 Å². The molecule has 0 aliphatic rings. The minimum atomic E-state index is -0.222. The second kappa shape index (κ2) is 8.56. The molecule has 0 aliphatic carbocycles. The summed E-state index contributed by atoms with van der Waals surface area (Å²) in [6.45, 7) is 0.508. The Balaban J connectivity index is 1.61. The third-order valence-electron chi connectivity index (χ3n) is 4.96. The Morgan fingerprint density at radius 2 is 1.75 bits per heavy atom. The molecule has 0 saturated carbocycles. The van der Waals surface area contributed by atoms with Gasteiger partial charge in [-0.2, -0.15) is 5.10 Å². The van der Waals surface area contributed by atoms with Crippen LogP contribution in [0.4, 0.5) is 0 Å². The SMILES string of the molecule is Oc1cccc(C=Nn2c(-c3cc4ccccc4o3)csc2=NCc2ccccc2)c1O. The molecule has 2 heterocycles. The van der Waals surface area contributed by atoms with Crippen LogP contribution < -0.4 is 4.80 Å². The number of phenols is 2. The van der Waals surface area contributed by atoms with Crippen LogP contribution in [0.5, 0.6) is 11.5 Å². The number of benzene rings is 3. The molecule has 0 fully saturated rings. The Labute approximate surface area is 187 Å². The predicted octanol–water partition coefficient (Wildman–Crippen LogP) is 5.36. The van der Waals surface area contributed by atoms with E-state index in [0.29, 0.717) is 22.7 Å². The van der Waals surface area contributed by atoms with Gasteiger partial charge < -0.3 is 14.6 Å². The summed E-state index contributed by atoms with van der Waals surface area (Å²) >= 11 is 1.45. The maximum atomic E-state index is 10.1. The molecule has 2 N–H and O–H groups in total. The lowest BCUT2D eigenvalue weighted by Crippen LogP contribution is -2.12. The quantitative estimate of drug-likeness (QED) is 0.285. The lowest BCUT2D eigenvalue weighted by atomic mass is 10.2. The lowest BCUT2D eigenvalue weighted by molar-refractivity contribution is 0.403. The molecule has 0 spiro atoms. The van der Waals surface area contributed by atoms with Crippen molar-refractivity contribution in [2.45, 2.75) is 6.54 Å². The molecule has 6 nitrogen and oxygen atoms in total. The fraction of sp³-hybridized carbons (Fsp3) is 0.0400. The monoisotopic (exact) mass is 441 g/mol. The Hall–Kier alpha value is -4.10. The van der Waals surface area contributed by atoms with Gasteiger partial charge in [-0.1, -0.05) is 54.6 Å². The van der Waals surface area contributed by atoms with E-state index in [1.54, 1.807) is 16.8 Å². The summed E-state index contributed by atoms with van der Waals surface area (Å²) in [6.07, 6.45) is 1.50. The number of hydrogen-bond acceptors (Lipinski definition) is 6. The van der Waals surface area contributed by atoms with Crippen molar-refractivity contribution in [1.82, 2.24) is 4.68 Å². The fourth-order valence-corrected chi connectivity index (χ4v) is 4.13. The van der Waals surface area contributed by atoms with Crippen molar-refractivity contribution in [2.24, 2.45) is 10.1 Å². The summed E-state index contributed by atoms with van der Waals surface area (Å²) < 4.78 is 7.74. The lowest BCUT2D eigenvalue weighted by Gasteiger charge is -2.03. The van der Waals surface area contributed by atoms with Gasteiger partial charge in [0.05, 0.1) is 12.8 Å². The molecule has 0 saturated heterocycles. The highest BCUT2D eigenvalue weighted by Crippen LogP contribution is 2.29. The zero-order valence-electron chi connectivity index (χ0n) is 16.9. The zero-order chi connectivity index (χ0) is 21.9. The van der Waals surface area contributed by atoms with Gasteiger partial charge in [-0.15, -0.1) is 11.3 Å². The molecule has 0 bridgehead atoms. The number of aromatic hydroxyl groups is 2. The Morgan fingerprint density at radius 3 is 2.59 bits per heavy atom. The molecule has 5 aromatic rings. The Bertz CT molecular complexity index is 1450. The molecule has 0 radical (unpaired) electrons. The number of aromatic nitrogens is 1. The second-order valence-electron chi connectivity index (χ2n) is 7.13. The second-order valence-corrected chi connectivity index (χ2v) is 7.96. The highest BCUT2D eigenvalue weighted by Gasteiger charge is 2.13. The average Bonchev–Trinajstić information content (AvgIpc) is 3.43. The molecule has 2 aromatic heterocycles. The number of furan rings is 1. The van der Waals surface area contributed by atoms with Crippen molar-refractivity contribution in [3.63, 3.8) is 0 Å². The van der Waals surface area contributed by atoms with Gasteiger partial charge in [0.2, 0.25) is 4.80 Å². The first kappa shape index (κ1) is 19.8. The van der Waals surface area contributed by atoms with Crippen molar-refractivity contribution >= 4 is 28.5 Å². The van der Waals surface area contributed by atoms with Crippen molar-refractivity contribution in [3.05, 3.63) is 100 Å². The van der Waals surface area contributed by atoms with Gasteiger partial charge >= 0.3 is 0 Å². The minimum Gasteiger partial charge on any atom is -0.504 e. The van der Waals surface area contributed by atoms with E-state index in [1.165, 1.54) is 23.6 Å². The number of rotatable bonds is 5. The van der Waals surface area contributed by atoms with Crippen molar-refractivity contribution in [2.75, 3.05) is 0 Å². The molecule has 0 amide bonds. The normalized spacial score (nSPS) is 12.2. The highest BCUT2D eigenvalue weighted by molar-refractivity contribution is 7.07. The number of hydrogen-bond donors (Lipinski definition) is 2. The first-order chi connectivity index (χ1) is 15.7. The largest absolute Gasteiger partial charge is 0.504 e. The number of thiazole rings is 1. The summed E-state index contributed by atoms with van der Waals surface area (Å²) in [5.41, 5.74) is 3.02. The van der Waals surface area contributed by atoms with E-state index in [4.69, 9.17) is 9.41 Å². The van der Waals surface area contributed by atoms with Crippen molar-refractivity contribution in [3.8, 4) is 23.0 Å². The molecule has 158 valence electrons. The summed E-state index contributed by atoms with van der Waals surface area (Å²) in [6, 6.07) is 24.5. The summed E-state index contributed by atoms with van der Waals surface area (Å²) in [5, 5.41) is 27.4. The number of para-hydroxylation sites is 2. The molecule has 5 rings (SSSR count). The van der Waals surface area contributed by atoms with Crippen LogP contribution in [0.25, 0.3) is 22.4 Å². The van der Waals surface area contributed by atoms with Gasteiger partial charge in [-0.3, -0.25) is 4.99 Å². The molecule has 3 aromatic carbocycles. The zero-order valence-corrected chi connectivity index (χ0v) is 17.7. The van der Waals surface area contributed by atoms with Gasteiger partial charge in [0, 0.05) is 16.3 Å². The Morgan fingerprint density at radius 1 is 0.938 bits per heavy atom. The van der Waals surface area contributed by atoms with Crippen molar-refractivity contribution in [1.29, 1.82) is 0 Å². The molecular formula is C25H19N3O3S. The van der Waals surface area contributed by atoms with E-state index in [-0.39, 0.29) is 11.5 Å². The van der Waals surface area contributed by atoms with Gasteiger partial charge in [0.25, 0.3) is 0 Å². The number of fused-ring (bicyclic) bond motifs is 1. The van der Waals surface area contributed by atoms with Crippen LogP contribution in [0.1, 0.15) is 11.1 Å². The third kappa shape index (κ3) is 3.93.